The smallest absolute Gasteiger partial charge is 0.227 e. The van der Waals surface area contributed by atoms with E-state index in [2.05, 4.69) is 11.1 Å². The van der Waals surface area contributed by atoms with Crippen LogP contribution in [-0.4, -0.2) is 44.7 Å². The van der Waals surface area contributed by atoms with Gasteiger partial charge in [0.2, 0.25) is 11.8 Å². The minimum Gasteiger partial charge on any atom is -0.338 e. The number of fused-ring (bicyclic) bond motifs is 1. The van der Waals surface area contributed by atoms with Crippen molar-refractivity contribution in [1.82, 2.24) is 19.8 Å². The molecule has 0 saturated carbocycles. The maximum Gasteiger partial charge on any atom is 0.227 e. The molecule has 0 spiro atoms. The summed E-state index contributed by atoms with van der Waals surface area (Å²) in [7, 11) is 0. The van der Waals surface area contributed by atoms with Gasteiger partial charge in [-0.05, 0) is 25.3 Å². The largest absolute Gasteiger partial charge is 0.338 e. The molecule has 1 atom stereocenters. The quantitative estimate of drug-likeness (QED) is 0.823. The molecule has 3 heterocycles. The van der Waals surface area contributed by atoms with Crippen LogP contribution in [0.1, 0.15) is 54.0 Å². The molecule has 1 fully saturated rings. The number of aryl methyl sites for hydroxylation is 1. The van der Waals surface area contributed by atoms with E-state index >= 15 is 0 Å². The number of aromatic nitrogens is 2. The van der Waals surface area contributed by atoms with Crippen LogP contribution in [0.3, 0.4) is 0 Å². The Morgan fingerprint density at radius 3 is 2.89 bits per heavy atom. The van der Waals surface area contributed by atoms with Crippen LogP contribution in [0.25, 0.3) is 0 Å². The zero-order valence-electron chi connectivity index (χ0n) is 16.5. The van der Waals surface area contributed by atoms with Gasteiger partial charge in [0.15, 0.2) is 5.82 Å². The Balaban J connectivity index is 1.46. The Kier molecular flexibility index (Phi) is 5.11. The average molecular weight is 378 g/mol. The van der Waals surface area contributed by atoms with E-state index in [1.54, 1.807) is 6.92 Å². The fraction of sp³-hybridized carbons (Fsp3) is 0.455. The Labute approximate surface area is 165 Å². The van der Waals surface area contributed by atoms with E-state index in [1.165, 1.54) is 5.56 Å². The lowest BCUT2D eigenvalue weighted by Gasteiger charge is -2.29. The summed E-state index contributed by atoms with van der Waals surface area (Å²) in [6.45, 7) is 5.66. The molecular weight excluding hydrogens is 352 g/mol. The van der Waals surface area contributed by atoms with E-state index in [1.807, 2.05) is 41.1 Å². The third-order valence-corrected chi connectivity index (χ3v) is 5.70. The van der Waals surface area contributed by atoms with Gasteiger partial charge < -0.3 is 9.80 Å². The van der Waals surface area contributed by atoms with Crippen molar-refractivity contribution >= 4 is 11.8 Å². The van der Waals surface area contributed by atoms with Gasteiger partial charge in [-0.1, -0.05) is 29.8 Å². The number of rotatable bonds is 3. The predicted octanol–water partition coefficient (Wildman–Crippen LogP) is 2.60. The number of hydrogen-bond donors (Lipinski definition) is 0. The molecule has 2 aliphatic rings. The number of nitrogens with zero attached hydrogens (tertiary/aromatic N) is 4. The fourth-order valence-electron chi connectivity index (χ4n) is 4.23. The normalized spacial score (nSPS) is 18.9. The lowest BCUT2D eigenvalue weighted by molar-refractivity contribution is -0.131. The molecule has 2 aromatic rings. The number of hydrogen-bond acceptors (Lipinski definition) is 4. The van der Waals surface area contributed by atoms with Gasteiger partial charge in [0.05, 0.1) is 18.2 Å². The minimum atomic E-state index is -0.0104. The highest BCUT2D eigenvalue weighted by Gasteiger charge is 2.31. The molecule has 0 bridgehead atoms. The Morgan fingerprint density at radius 2 is 2.11 bits per heavy atom. The summed E-state index contributed by atoms with van der Waals surface area (Å²) in [6, 6.07) is 8.08. The molecule has 2 amide bonds. The number of carbonyl (C=O) groups excluding carboxylic acids is 2. The molecule has 0 radical (unpaired) electrons. The van der Waals surface area contributed by atoms with Crippen molar-refractivity contribution in [3.05, 3.63) is 58.7 Å². The van der Waals surface area contributed by atoms with Crippen molar-refractivity contribution in [2.24, 2.45) is 0 Å². The van der Waals surface area contributed by atoms with Gasteiger partial charge >= 0.3 is 0 Å². The molecule has 6 heteroatoms. The zero-order valence-corrected chi connectivity index (χ0v) is 16.5. The van der Waals surface area contributed by atoms with Gasteiger partial charge in [0, 0.05) is 44.7 Å². The molecule has 4 rings (SSSR count). The second-order valence-electron chi connectivity index (χ2n) is 7.80. The van der Waals surface area contributed by atoms with Crippen LogP contribution in [0.4, 0.5) is 0 Å². The third-order valence-electron chi connectivity index (χ3n) is 5.70. The molecule has 0 unspecified atom stereocenters. The summed E-state index contributed by atoms with van der Waals surface area (Å²) >= 11 is 0. The fourth-order valence-corrected chi connectivity index (χ4v) is 4.23. The topological polar surface area (TPSA) is 66.4 Å². The van der Waals surface area contributed by atoms with Gasteiger partial charge in [0.25, 0.3) is 0 Å². The Hall–Kier alpha value is -2.76. The molecule has 0 N–H and O–H groups in total. The van der Waals surface area contributed by atoms with Crippen LogP contribution < -0.4 is 0 Å². The first-order valence-electron chi connectivity index (χ1n) is 9.96. The number of benzene rings is 1. The van der Waals surface area contributed by atoms with Gasteiger partial charge in [-0.3, -0.25) is 9.59 Å². The number of likely N-dealkylation sites (tertiary alicyclic amines) is 1. The SMILES string of the molecule is CC(=O)N1CCC[C@@H]1c1ncc2c(n1)CCN(C(=O)Cc1cccc(C)c1)C2. The minimum absolute atomic E-state index is 0.0104. The summed E-state index contributed by atoms with van der Waals surface area (Å²) in [5.74, 6) is 0.960. The standard InChI is InChI=1S/C22H26N4O2/c1-15-5-3-6-17(11-15)12-21(28)25-10-8-19-18(14-25)13-23-22(24-19)20-7-4-9-26(20)16(2)27/h3,5-6,11,13,20H,4,7-10,12,14H2,1-2H3/t20-/m1/s1. The van der Waals surface area contributed by atoms with E-state index in [0.29, 0.717) is 19.5 Å². The molecule has 2 aliphatic heterocycles. The maximum absolute atomic E-state index is 12.7. The lowest BCUT2D eigenvalue weighted by atomic mass is 10.0. The van der Waals surface area contributed by atoms with Crippen LogP contribution in [0, 0.1) is 6.92 Å². The monoisotopic (exact) mass is 378 g/mol. The third kappa shape index (κ3) is 3.77. The predicted molar refractivity (Wildman–Crippen MR) is 105 cm³/mol. The summed E-state index contributed by atoms with van der Waals surface area (Å²) in [6.07, 6.45) is 4.91. The van der Waals surface area contributed by atoms with Gasteiger partial charge in [-0.2, -0.15) is 0 Å². The van der Waals surface area contributed by atoms with Crippen LogP contribution in [0.15, 0.2) is 30.5 Å². The second kappa shape index (κ2) is 7.70. The van der Waals surface area contributed by atoms with Crippen molar-refractivity contribution in [3.63, 3.8) is 0 Å². The maximum atomic E-state index is 12.7. The molecule has 0 aliphatic carbocycles. The van der Waals surface area contributed by atoms with Crippen LogP contribution >= 0.6 is 0 Å². The van der Waals surface area contributed by atoms with Crippen LogP contribution in [-0.2, 0) is 29.0 Å². The average Bonchev–Trinajstić information content (AvgIpc) is 3.17. The molecular formula is C22H26N4O2. The summed E-state index contributed by atoms with van der Waals surface area (Å²) < 4.78 is 0. The highest BCUT2D eigenvalue weighted by Crippen LogP contribution is 2.30. The highest BCUT2D eigenvalue weighted by atomic mass is 16.2. The molecule has 6 nitrogen and oxygen atoms in total. The van der Waals surface area contributed by atoms with Crippen LogP contribution in [0.2, 0.25) is 0 Å². The molecule has 1 saturated heterocycles. The van der Waals surface area contributed by atoms with Crippen LogP contribution in [0.5, 0.6) is 0 Å². The van der Waals surface area contributed by atoms with Crippen molar-refractivity contribution in [2.45, 2.75) is 52.1 Å². The number of amides is 2. The number of carbonyl (C=O) groups is 2. The van der Waals surface area contributed by atoms with E-state index in [9.17, 15) is 9.59 Å². The first-order chi connectivity index (χ1) is 13.5. The first kappa shape index (κ1) is 18.6. The first-order valence-corrected chi connectivity index (χ1v) is 9.96. The molecule has 28 heavy (non-hydrogen) atoms. The molecule has 1 aromatic carbocycles. The van der Waals surface area contributed by atoms with Crippen molar-refractivity contribution in [2.75, 3.05) is 13.1 Å². The lowest BCUT2D eigenvalue weighted by Crippen LogP contribution is -2.38. The van der Waals surface area contributed by atoms with E-state index < -0.39 is 0 Å². The second-order valence-corrected chi connectivity index (χ2v) is 7.80. The zero-order chi connectivity index (χ0) is 19.7. The van der Waals surface area contributed by atoms with E-state index in [4.69, 9.17) is 4.98 Å². The molecule has 146 valence electrons. The van der Waals surface area contributed by atoms with E-state index in [-0.39, 0.29) is 17.9 Å². The van der Waals surface area contributed by atoms with Gasteiger partial charge in [-0.15, -0.1) is 0 Å². The highest BCUT2D eigenvalue weighted by molar-refractivity contribution is 5.79. The Morgan fingerprint density at radius 1 is 1.25 bits per heavy atom. The van der Waals surface area contributed by atoms with Crippen molar-refractivity contribution in [1.29, 1.82) is 0 Å². The van der Waals surface area contributed by atoms with Crippen molar-refractivity contribution in [3.8, 4) is 0 Å². The summed E-state index contributed by atoms with van der Waals surface area (Å²) in [5, 5.41) is 0. The summed E-state index contributed by atoms with van der Waals surface area (Å²) in [4.78, 5) is 37.6. The molecule has 1 aromatic heterocycles. The van der Waals surface area contributed by atoms with Gasteiger partial charge in [-0.25, -0.2) is 9.97 Å². The van der Waals surface area contributed by atoms with E-state index in [0.717, 1.165) is 48.5 Å². The van der Waals surface area contributed by atoms with Gasteiger partial charge in [0.1, 0.15) is 0 Å². The Bertz CT molecular complexity index is 911. The van der Waals surface area contributed by atoms with Crippen molar-refractivity contribution < 1.29 is 9.59 Å². The summed E-state index contributed by atoms with van der Waals surface area (Å²) in [5.41, 5.74) is 4.25.